The van der Waals surface area contributed by atoms with Crippen molar-refractivity contribution >= 4 is 11.6 Å². The van der Waals surface area contributed by atoms with Crippen molar-refractivity contribution < 1.29 is 32.2 Å². The third-order valence-corrected chi connectivity index (χ3v) is 4.79. The van der Waals surface area contributed by atoms with Crippen molar-refractivity contribution in [2.75, 3.05) is 26.9 Å². The molecule has 0 spiro atoms. The van der Waals surface area contributed by atoms with Crippen molar-refractivity contribution in [3.63, 3.8) is 0 Å². The summed E-state index contributed by atoms with van der Waals surface area (Å²) < 4.78 is 55.7. The number of nitrogens with zero attached hydrogens (tertiary/aromatic N) is 4. The zero-order valence-corrected chi connectivity index (χ0v) is 18.5. The van der Waals surface area contributed by atoms with Crippen LogP contribution < -0.4 is 19.5 Å². The summed E-state index contributed by atoms with van der Waals surface area (Å²) in [7, 11) is 1.58. The minimum atomic E-state index is -4.49. The minimum Gasteiger partial charge on any atom is -0.497 e. The number of amides is 1. The van der Waals surface area contributed by atoms with E-state index in [4.69, 9.17) is 14.2 Å². The van der Waals surface area contributed by atoms with Crippen molar-refractivity contribution in [1.29, 1.82) is 0 Å². The van der Waals surface area contributed by atoms with E-state index in [0.29, 0.717) is 23.1 Å². The largest absolute Gasteiger partial charge is 0.497 e. The van der Waals surface area contributed by atoms with Gasteiger partial charge >= 0.3 is 6.18 Å². The predicted molar refractivity (Wildman–Crippen MR) is 118 cm³/mol. The molecule has 0 saturated heterocycles. The molecule has 0 aliphatic rings. The number of nitrogens with one attached hydrogen (secondary N) is 1. The first-order valence-corrected chi connectivity index (χ1v) is 10.4. The number of halogens is 3. The fourth-order valence-electron chi connectivity index (χ4n) is 3.08. The van der Waals surface area contributed by atoms with Crippen LogP contribution in [0.15, 0.2) is 60.7 Å². The van der Waals surface area contributed by atoms with Gasteiger partial charge in [-0.05, 0) is 48.5 Å². The summed E-state index contributed by atoms with van der Waals surface area (Å²) in [4.78, 5) is 11.9. The van der Waals surface area contributed by atoms with Gasteiger partial charge in [-0.3, -0.25) is 4.79 Å². The third kappa shape index (κ3) is 5.96. The lowest BCUT2D eigenvalue weighted by molar-refractivity contribution is -0.137. The molecule has 0 unspecified atom stereocenters. The zero-order valence-electron chi connectivity index (χ0n) is 18.5. The average molecular weight is 487 g/mol. The van der Waals surface area contributed by atoms with Gasteiger partial charge in [0.15, 0.2) is 18.1 Å². The Labute approximate surface area is 197 Å². The number of benzene rings is 2. The van der Waals surface area contributed by atoms with Crippen LogP contribution in [0.3, 0.4) is 0 Å². The standard InChI is InChI=1S/C23H20F3N5O4/c1-33-17-7-5-15(6-8-17)22-29-28-19-9-10-21(30-31(19)22)34-12-11-27-20(32)14-35-18-4-2-3-16(13-18)23(24,25)26/h2-10,13H,11-12,14H2,1H3,(H,27,32). The van der Waals surface area contributed by atoms with Gasteiger partial charge in [0, 0.05) is 11.6 Å². The number of hydrogen-bond acceptors (Lipinski definition) is 7. The van der Waals surface area contributed by atoms with E-state index < -0.39 is 24.3 Å². The molecule has 2 aromatic carbocycles. The van der Waals surface area contributed by atoms with Crippen LogP contribution in [-0.2, 0) is 11.0 Å². The third-order valence-electron chi connectivity index (χ3n) is 4.79. The van der Waals surface area contributed by atoms with Gasteiger partial charge in [0.05, 0.1) is 19.2 Å². The van der Waals surface area contributed by atoms with Gasteiger partial charge in [-0.2, -0.15) is 17.7 Å². The highest BCUT2D eigenvalue weighted by Crippen LogP contribution is 2.31. The molecule has 0 fully saturated rings. The van der Waals surface area contributed by atoms with E-state index in [0.717, 1.165) is 17.7 Å². The molecule has 2 heterocycles. The van der Waals surface area contributed by atoms with Crippen LogP contribution in [0.4, 0.5) is 13.2 Å². The minimum absolute atomic E-state index is 0.0506. The van der Waals surface area contributed by atoms with Crippen molar-refractivity contribution in [3.05, 3.63) is 66.2 Å². The summed E-state index contributed by atoms with van der Waals surface area (Å²) in [6, 6.07) is 14.9. The van der Waals surface area contributed by atoms with Gasteiger partial charge in [-0.25, -0.2) is 0 Å². The van der Waals surface area contributed by atoms with Gasteiger partial charge in [0.25, 0.3) is 5.91 Å². The van der Waals surface area contributed by atoms with E-state index in [1.165, 1.54) is 12.1 Å². The van der Waals surface area contributed by atoms with Crippen molar-refractivity contribution in [1.82, 2.24) is 25.1 Å². The van der Waals surface area contributed by atoms with E-state index in [1.54, 1.807) is 35.9 Å². The van der Waals surface area contributed by atoms with Crippen LogP contribution in [-0.4, -0.2) is 52.6 Å². The summed E-state index contributed by atoms with van der Waals surface area (Å²) in [5.41, 5.74) is 0.468. The highest BCUT2D eigenvalue weighted by atomic mass is 19.4. The molecule has 4 rings (SSSR count). The first-order valence-electron chi connectivity index (χ1n) is 10.4. The molecule has 12 heteroatoms. The Balaban J connectivity index is 1.28. The van der Waals surface area contributed by atoms with Crippen LogP contribution in [0.1, 0.15) is 5.56 Å². The molecule has 2 aromatic heterocycles. The molecule has 0 saturated carbocycles. The Morgan fingerprint density at radius 1 is 1.00 bits per heavy atom. The van der Waals surface area contributed by atoms with Crippen LogP contribution in [0, 0.1) is 0 Å². The fraction of sp³-hybridized carbons (Fsp3) is 0.217. The molecule has 0 radical (unpaired) electrons. The molecule has 0 bridgehead atoms. The monoisotopic (exact) mass is 487 g/mol. The molecule has 0 atom stereocenters. The molecule has 182 valence electrons. The van der Waals surface area contributed by atoms with E-state index in [2.05, 4.69) is 20.6 Å². The zero-order chi connectivity index (χ0) is 24.8. The quantitative estimate of drug-likeness (QED) is 0.361. The fourth-order valence-corrected chi connectivity index (χ4v) is 3.08. The van der Waals surface area contributed by atoms with E-state index in [-0.39, 0.29) is 18.9 Å². The predicted octanol–water partition coefficient (Wildman–Crippen LogP) is 3.39. The number of carbonyl (C=O) groups is 1. The number of methoxy groups -OCH3 is 1. The van der Waals surface area contributed by atoms with Crippen LogP contribution in [0.5, 0.6) is 17.4 Å². The molecule has 35 heavy (non-hydrogen) atoms. The molecular weight excluding hydrogens is 467 g/mol. The second-order valence-corrected chi connectivity index (χ2v) is 7.21. The number of rotatable bonds is 9. The summed E-state index contributed by atoms with van der Waals surface area (Å²) in [6.07, 6.45) is -4.49. The highest BCUT2D eigenvalue weighted by molar-refractivity contribution is 5.77. The first kappa shape index (κ1) is 23.8. The van der Waals surface area contributed by atoms with E-state index in [9.17, 15) is 18.0 Å². The van der Waals surface area contributed by atoms with Crippen molar-refractivity contribution in [2.24, 2.45) is 0 Å². The Bertz CT molecular complexity index is 1310. The number of hydrogen-bond donors (Lipinski definition) is 1. The van der Waals surface area contributed by atoms with Gasteiger partial charge in [-0.15, -0.1) is 15.3 Å². The van der Waals surface area contributed by atoms with Gasteiger partial charge < -0.3 is 19.5 Å². The number of fused-ring (bicyclic) bond motifs is 1. The van der Waals surface area contributed by atoms with Crippen molar-refractivity contribution in [3.8, 4) is 28.8 Å². The number of aromatic nitrogens is 4. The van der Waals surface area contributed by atoms with Crippen LogP contribution in [0.25, 0.3) is 17.0 Å². The van der Waals surface area contributed by atoms with Crippen molar-refractivity contribution in [2.45, 2.75) is 6.18 Å². The lowest BCUT2D eigenvalue weighted by Gasteiger charge is -2.11. The normalized spacial score (nSPS) is 11.3. The maximum atomic E-state index is 12.7. The second-order valence-electron chi connectivity index (χ2n) is 7.21. The SMILES string of the molecule is COc1ccc(-c2nnc3ccc(OCCNC(=O)COc4cccc(C(F)(F)F)c4)nn23)cc1. The molecule has 9 nitrogen and oxygen atoms in total. The number of ether oxygens (including phenoxy) is 3. The molecule has 1 amide bonds. The summed E-state index contributed by atoms with van der Waals surface area (Å²) >= 11 is 0. The lowest BCUT2D eigenvalue weighted by Crippen LogP contribution is -2.32. The average Bonchev–Trinajstić information content (AvgIpc) is 3.28. The molecule has 4 aromatic rings. The Morgan fingerprint density at radius 2 is 1.80 bits per heavy atom. The highest BCUT2D eigenvalue weighted by Gasteiger charge is 2.30. The number of carbonyl (C=O) groups excluding carboxylic acids is 1. The van der Waals surface area contributed by atoms with Gasteiger partial charge in [-0.1, -0.05) is 6.07 Å². The maximum Gasteiger partial charge on any atom is 0.416 e. The lowest BCUT2D eigenvalue weighted by atomic mass is 10.2. The van der Waals surface area contributed by atoms with Crippen LogP contribution >= 0.6 is 0 Å². The van der Waals surface area contributed by atoms with Crippen LogP contribution in [0.2, 0.25) is 0 Å². The molecular formula is C23H20F3N5O4. The second kappa shape index (κ2) is 10.3. The molecule has 1 N–H and O–H groups in total. The Kier molecular flexibility index (Phi) is 6.99. The topological polar surface area (TPSA) is 99.9 Å². The maximum absolute atomic E-state index is 12.7. The first-order chi connectivity index (χ1) is 16.8. The summed E-state index contributed by atoms with van der Waals surface area (Å²) in [5, 5.41) is 15.2. The number of alkyl halides is 3. The van der Waals surface area contributed by atoms with E-state index >= 15 is 0 Å². The van der Waals surface area contributed by atoms with Gasteiger partial charge in [0.2, 0.25) is 5.88 Å². The molecule has 0 aliphatic heterocycles. The smallest absolute Gasteiger partial charge is 0.416 e. The molecule has 0 aliphatic carbocycles. The summed E-state index contributed by atoms with van der Waals surface area (Å²) in [5.74, 6) is 0.969. The Hall–Kier alpha value is -4.35. The van der Waals surface area contributed by atoms with E-state index in [1.807, 2.05) is 12.1 Å². The Morgan fingerprint density at radius 3 is 2.54 bits per heavy atom. The van der Waals surface area contributed by atoms with Gasteiger partial charge in [0.1, 0.15) is 18.1 Å². The summed E-state index contributed by atoms with van der Waals surface area (Å²) in [6.45, 7) is -0.191.